The second-order valence-corrected chi connectivity index (χ2v) is 6.70. The third-order valence-corrected chi connectivity index (χ3v) is 4.58. The molecule has 0 bridgehead atoms. The standard InChI is InChI=1S/C23H20N4O2/c1-17(28)29-16-19-7-9-20(10-8-19)21-11-13-22(14-12-21)23-24-25-26-27(23)15-18-5-3-2-4-6-18/h2-14H,15-16H2,1H3. The summed E-state index contributed by atoms with van der Waals surface area (Å²) in [6, 6.07) is 26.2. The van der Waals surface area contributed by atoms with E-state index in [1.165, 1.54) is 6.92 Å². The Morgan fingerprint density at radius 2 is 1.45 bits per heavy atom. The lowest BCUT2D eigenvalue weighted by molar-refractivity contribution is -0.142. The average molecular weight is 384 g/mol. The van der Waals surface area contributed by atoms with Gasteiger partial charge in [0, 0.05) is 12.5 Å². The molecule has 0 spiro atoms. The van der Waals surface area contributed by atoms with E-state index in [0.717, 1.165) is 33.6 Å². The van der Waals surface area contributed by atoms with Crippen molar-refractivity contribution in [1.82, 2.24) is 20.2 Å². The number of hydrogen-bond acceptors (Lipinski definition) is 5. The Hall–Kier alpha value is -3.80. The fourth-order valence-electron chi connectivity index (χ4n) is 3.06. The number of nitrogens with zero attached hydrogens (tertiary/aromatic N) is 4. The molecule has 0 saturated heterocycles. The van der Waals surface area contributed by atoms with Gasteiger partial charge in [-0.3, -0.25) is 4.79 Å². The number of ether oxygens (including phenoxy) is 1. The highest BCUT2D eigenvalue weighted by Gasteiger charge is 2.10. The van der Waals surface area contributed by atoms with Gasteiger partial charge in [0.05, 0.1) is 6.54 Å². The van der Waals surface area contributed by atoms with Crippen molar-refractivity contribution >= 4 is 5.97 Å². The molecule has 0 radical (unpaired) electrons. The third-order valence-electron chi connectivity index (χ3n) is 4.58. The normalized spacial score (nSPS) is 10.7. The van der Waals surface area contributed by atoms with Crippen molar-refractivity contribution in [2.24, 2.45) is 0 Å². The number of esters is 1. The number of hydrogen-bond donors (Lipinski definition) is 0. The zero-order valence-corrected chi connectivity index (χ0v) is 16.0. The van der Waals surface area contributed by atoms with E-state index >= 15 is 0 Å². The summed E-state index contributed by atoms with van der Waals surface area (Å²) in [6.07, 6.45) is 0. The Kier molecular flexibility index (Phi) is 5.42. The molecule has 0 amide bonds. The lowest BCUT2D eigenvalue weighted by atomic mass is 10.0. The number of carbonyl (C=O) groups is 1. The van der Waals surface area contributed by atoms with Gasteiger partial charge < -0.3 is 4.74 Å². The molecule has 144 valence electrons. The molecule has 0 aliphatic rings. The Morgan fingerprint density at radius 3 is 2.10 bits per heavy atom. The maximum atomic E-state index is 10.9. The van der Waals surface area contributed by atoms with Crippen LogP contribution in [0, 0.1) is 0 Å². The summed E-state index contributed by atoms with van der Waals surface area (Å²) in [7, 11) is 0. The number of carbonyl (C=O) groups excluding carboxylic acids is 1. The van der Waals surface area contributed by atoms with Crippen LogP contribution in [0.25, 0.3) is 22.5 Å². The van der Waals surface area contributed by atoms with E-state index in [4.69, 9.17) is 4.74 Å². The fraction of sp³-hybridized carbons (Fsp3) is 0.130. The zero-order valence-electron chi connectivity index (χ0n) is 16.0. The van der Waals surface area contributed by atoms with Gasteiger partial charge in [-0.25, -0.2) is 4.68 Å². The zero-order chi connectivity index (χ0) is 20.1. The van der Waals surface area contributed by atoms with Crippen molar-refractivity contribution in [3.63, 3.8) is 0 Å². The summed E-state index contributed by atoms with van der Waals surface area (Å²) in [5, 5.41) is 12.2. The number of rotatable bonds is 6. The Balaban J connectivity index is 1.50. The van der Waals surface area contributed by atoms with E-state index in [0.29, 0.717) is 13.2 Å². The topological polar surface area (TPSA) is 69.9 Å². The number of aromatic nitrogens is 4. The first-order valence-corrected chi connectivity index (χ1v) is 9.32. The molecule has 0 saturated carbocycles. The molecular weight excluding hydrogens is 364 g/mol. The first kappa shape index (κ1) is 18.6. The van der Waals surface area contributed by atoms with Crippen molar-refractivity contribution in [1.29, 1.82) is 0 Å². The van der Waals surface area contributed by atoms with Crippen LogP contribution in [-0.4, -0.2) is 26.2 Å². The van der Waals surface area contributed by atoms with Crippen LogP contribution in [0.1, 0.15) is 18.1 Å². The van der Waals surface area contributed by atoms with Gasteiger partial charge in [-0.1, -0.05) is 78.9 Å². The molecule has 6 heteroatoms. The van der Waals surface area contributed by atoms with Crippen LogP contribution in [0.15, 0.2) is 78.9 Å². The van der Waals surface area contributed by atoms with Gasteiger partial charge in [0.15, 0.2) is 5.82 Å². The van der Waals surface area contributed by atoms with E-state index in [1.807, 2.05) is 54.6 Å². The summed E-state index contributed by atoms with van der Waals surface area (Å²) >= 11 is 0. The van der Waals surface area contributed by atoms with Crippen molar-refractivity contribution in [3.05, 3.63) is 90.0 Å². The molecule has 29 heavy (non-hydrogen) atoms. The average Bonchev–Trinajstić information content (AvgIpc) is 3.21. The van der Waals surface area contributed by atoms with Gasteiger partial charge in [0.25, 0.3) is 0 Å². The molecule has 0 unspecified atom stereocenters. The van der Waals surface area contributed by atoms with Gasteiger partial charge in [-0.15, -0.1) is 5.10 Å². The third kappa shape index (κ3) is 4.55. The van der Waals surface area contributed by atoms with E-state index in [2.05, 4.69) is 39.8 Å². The lowest BCUT2D eigenvalue weighted by Crippen LogP contribution is -2.04. The van der Waals surface area contributed by atoms with E-state index in [-0.39, 0.29) is 5.97 Å². The monoisotopic (exact) mass is 384 g/mol. The largest absolute Gasteiger partial charge is 0.461 e. The minimum Gasteiger partial charge on any atom is -0.461 e. The summed E-state index contributed by atoms with van der Waals surface area (Å²) in [4.78, 5) is 10.9. The first-order valence-electron chi connectivity index (χ1n) is 9.32. The molecule has 1 aromatic heterocycles. The summed E-state index contributed by atoms with van der Waals surface area (Å²) in [5.74, 6) is 0.455. The smallest absolute Gasteiger partial charge is 0.302 e. The molecule has 0 N–H and O–H groups in total. The molecule has 0 fully saturated rings. The van der Waals surface area contributed by atoms with Crippen molar-refractivity contribution in [2.45, 2.75) is 20.1 Å². The second kappa shape index (κ2) is 8.48. The summed E-state index contributed by atoms with van der Waals surface area (Å²) in [6.45, 7) is 2.32. The van der Waals surface area contributed by atoms with Gasteiger partial charge in [0.1, 0.15) is 6.61 Å². The first-order chi connectivity index (χ1) is 14.2. The predicted molar refractivity (Wildman–Crippen MR) is 110 cm³/mol. The summed E-state index contributed by atoms with van der Waals surface area (Å²) < 4.78 is 6.82. The Bertz CT molecular complexity index is 1090. The minimum atomic E-state index is -0.278. The van der Waals surface area contributed by atoms with Gasteiger partial charge in [-0.05, 0) is 32.7 Å². The Morgan fingerprint density at radius 1 is 0.828 bits per heavy atom. The second-order valence-electron chi connectivity index (χ2n) is 6.70. The van der Waals surface area contributed by atoms with Gasteiger partial charge >= 0.3 is 5.97 Å². The molecular formula is C23H20N4O2. The molecule has 3 aromatic carbocycles. The lowest BCUT2D eigenvalue weighted by Gasteiger charge is -2.07. The molecule has 0 aliphatic carbocycles. The molecule has 4 rings (SSSR count). The summed E-state index contributed by atoms with van der Waals surface area (Å²) in [5.41, 5.74) is 5.25. The molecule has 1 heterocycles. The van der Waals surface area contributed by atoms with Crippen LogP contribution in [0.2, 0.25) is 0 Å². The number of tetrazole rings is 1. The van der Waals surface area contributed by atoms with Crippen molar-refractivity contribution in [3.8, 4) is 22.5 Å². The van der Waals surface area contributed by atoms with Crippen LogP contribution >= 0.6 is 0 Å². The van der Waals surface area contributed by atoms with Crippen molar-refractivity contribution < 1.29 is 9.53 Å². The van der Waals surface area contributed by atoms with E-state index in [1.54, 1.807) is 4.68 Å². The quantitative estimate of drug-likeness (QED) is 0.468. The molecule has 4 aromatic rings. The maximum Gasteiger partial charge on any atom is 0.302 e. The maximum absolute atomic E-state index is 10.9. The minimum absolute atomic E-state index is 0.278. The SMILES string of the molecule is CC(=O)OCc1ccc(-c2ccc(-c3nnnn3Cc3ccccc3)cc2)cc1. The van der Waals surface area contributed by atoms with E-state index in [9.17, 15) is 4.79 Å². The van der Waals surface area contributed by atoms with Gasteiger partial charge in [0.2, 0.25) is 0 Å². The van der Waals surface area contributed by atoms with Gasteiger partial charge in [-0.2, -0.15) is 0 Å². The molecule has 0 aliphatic heterocycles. The highest BCUT2D eigenvalue weighted by molar-refractivity contribution is 5.68. The highest BCUT2D eigenvalue weighted by Crippen LogP contribution is 2.24. The van der Waals surface area contributed by atoms with Crippen LogP contribution < -0.4 is 0 Å². The van der Waals surface area contributed by atoms with Crippen LogP contribution in [0.5, 0.6) is 0 Å². The number of benzene rings is 3. The van der Waals surface area contributed by atoms with Crippen LogP contribution in [-0.2, 0) is 22.7 Å². The fourth-order valence-corrected chi connectivity index (χ4v) is 3.06. The molecule has 6 nitrogen and oxygen atoms in total. The van der Waals surface area contributed by atoms with E-state index < -0.39 is 0 Å². The highest BCUT2D eigenvalue weighted by atomic mass is 16.5. The predicted octanol–water partition coefficient (Wildman–Crippen LogP) is 4.12. The molecule has 0 atom stereocenters. The Labute approximate surface area is 168 Å². The van der Waals surface area contributed by atoms with Crippen LogP contribution in [0.4, 0.5) is 0 Å². The van der Waals surface area contributed by atoms with Crippen LogP contribution in [0.3, 0.4) is 0 Å². The van der Waals surface area contributed by atoms with Crippen molar-refractivity contribution in [2.75, 3.05) is 0 Å².